The summed E-state index contributed by atoms with van der Waals surface area (Å²) in [6.45, 7) is 0. The van der Waals surface area contributed by atoms with Crippen molar-refractivity contribution >= 4 is 104 Å². The smallest absolute Gasteiger partial charge is 0.125 e. The van der Waals surface area contributed by atoms with Gasteiger partial charge in [0.15, 0.2) is 0 Å². The molecule has 0 fully saturated rings. The van der Waals surface area contributed by atoms with Crippen molar-refractivity contribution in [1.29, 1.82) is 0 Å². The number of hydrogen-bond acceptors (Lipinski definition) is 4. The van der Waals surface area contributed by atoms with Crippen molar-refractivity contribution in [3.63, 3.8) is 0 Å². The standard InChI is InChI=1S/C9H6Br2N2.C9H7BrN2.CH3I.CH4/c10-6-1-2-7-5(3-6)4-8(12)13-9(7)11;10-8-2-1-6-5-12-9(11)4-7(6)3-8;1-2;/h1-4H,(H2,12,13);1-5H,(H2,11,12);1H3;1H4/i;5D;;. The molecule has 4 rings (SSSR count). The molecule has 0 radical (unpaired) electrons. The molecular formula is C20H20Br3IN4. The van der Waals surface area contributed by atoms with Crippen molar-refractivity contribution in [1.82, 2.24) is 9.97 Å². The lowest BCUT2D eigenvalue weighted by Gasteiger charge is -2.01. The minimum atomic E-state index is 0. The van der Waals surface area contributed by atoms with E-state index in [1.807, 2.05) is 47.4 Å². The van der Waals surface area contributed by atoms with Gasteiger partial charge in [0.25, 0.3) is 0 Å². The van der Waals surface area contributed by atoms with Crippen LogP contribution in [0.1, 0.15) is 8.80 Å². The minimum Gasteiger partial charge on any atom is -0.384 e. The second-order valence-electron chi connectivity index (χ2n) is 5.23. The van der Waals surface area contributed by atoms with Gasteiger partial charge in [-0.3, -0.25) is 0 Å². The molecule has 0 aliphatic carbocycles. The Kier molecular flexibility index (Phi) is 9.90. The van der Waals surface area contributed by atoms with Gasteiger partial charge in [-0.1, -0.05) is 74.0 Å². The number of benzene rings is 2. The first-order chi connectivity index (χ1) is 13.3. The molecule has 2 heterocycles. The van der Waals surface area contributed by atoms with Gasteiger partial charge in [-0.2, -0.15) is 0 Å². The molecule has 0 aliphatic heterocycles. The number of nitrogens with zero attached hydrogens (tertiary/aromatic N) is 2. The number of rotatable bonds is 0. The van der Waals surface area contributed by atoms with E-state index in [0.717, 1.165) is 35.1 Å². The van der Waals surface area contributed by atoms with Crippen LogP contribution in [0.4, 0.5) is 11.6 Å². The van der Waals surface area contributed by atoms with Crippen LogP contribution in [0.2, 0.25) is 0 Å². The summed E-state index contributed by atoms with van der Waals surface area (Å²) < 4.78 is 10.4. The Balaban J connectivity index is 0.000000259. The third kappa shape index (κ3) is 6.82. The molecule has 0 saturated carbocycles. The summed E-state index contributed by atoms with van der Waals surface area (Å²) in [6, 6.07) is 15.3. The second-order valence-corrected chi connectivity index (χ2v) is 7.81. The maximum Gasteiger partial charge on any atom is 0.125 e. The van der Waals surface area contributed by atoms with E-state index >= 15 is 0 Å². The Bertz CT molecular complexity index is 1030. The summed E-state index contributed by atoms with van der Waals surface area (Å²) in [4.78, 5) is 9.94. The minimum absolute atomic E-state index is 0. The number of fused-ring (bicyclic) bond motifs is 2. The first-order valence-electron chi connectivity index (χ1n) is 8.05. The zero-order valence-electron chi connectivity index (χ0n) is 15.2. The summed E-state index contributed by atoms with van der Waals surface area (Å²) in [5.41, 5.74) is 11.1. The lowest BCUT2D eigenvalue weighted by atomic mass is 10.2. The Labute approximate surface area is 205 Å². The summed E-state index contributed by atoms with van der Waals surface area (Å²) >= 11 is 12.3. The fourth-order valence-electron chi connectivity index (χ4n) is 2.28. The fourth-order valence-corrected chi connectivity index (χ4v) is 3.60. The molecule has 28 heavy (non-hydrogen) atoms. The number of anilines is 2. The molecule has 0 aliphatic rings. The molecule has 4 aromatic rings. The molecule has 4 nitrogen and oxygen atoms in total. The van der Waals surface area contributed by atoms with E-state index < -0.39 is 0 Å². The quantitative estimate of drug-likeness (QED) is 0.114. The molecule has 0 spiro atoms. The van der Waals surface area contributed by atoms with E-state index in [0.29, 0.717) is 11.6 Å². The summed E-state index contributed by atoms with van der Waals surface area (Å²) in [5, 5.41) is 3.90. The van der Waals surface area contributed by atoms with E-state index in [-0.39, 0.29) is 13.6 Å². The molecular weight excluding hydrogens is 663 g/mol. The van der Waals surface area contributed by atoms with Gasteiger partial charge in [-0.15, -0.1) is 0 Å². The van der Waals surface area contributed by atoms with E-state index in [9.17, 15) is 0 Å². The lowest BCUT2D eigenvalue weighted by molar-refractivity contribution is 1.32. The van der Waals surface area contributed by atoms with Crippen molar-refractivity contribution in [2.24, 2.45) is 0 Å². The number of hydrogen-bond donors (Lipinski definition) is 2. The summed E-state index contributed by atoms with van der Waals surface area (Å²) in [5.74, 6) is 0.910. The molecule has 0 amide bonds. The van der Waals surface area contributed by atoms with E-state index in [2.05, 4.69) is 80.3 Å². The van der Waals surface area contributed by atoms with Crippen molar-refractivity contribution in [2.75, 3.05) is 16.4 Å². The van der Waals surface area contributed by atoms with Gasteiger partial charge in [0.1, 0.15) is 16.2 Å². The molecule has 0 bridgehead atoms. The average Bonchev–Trinajstić information content (AvgIpc) is 2.62. The Morgan fingerprint density at radius 2 is 1.39 bits per heavy atom. The monoisotopic (exact) mass is 681 g/mol. The van der Waals surface area contributed by atoms with Gasteiger partial charge >= 0.3 is 0 Å². The molecule has 0 saturated heterocycles. The highest BCUT2D eigenvalue weighted by Crippen LogP contribution is 2.26. The fraction of sp³-hybridized carbons (Fsp3) is 0.100. The molecule has 0 atom stereocenters. The molecule has 2 aromatic heterocycles. The average molecular weight is 684 g/mol. The van der Waals surface area contributed by atoms with Crippen LogP contribution in [-0.2, 0) is 0 Å². The molecule has 8 heteroatoms. The highest BCUT2D eigenvalue weighted by Gasteiger charge is 2.01. The predicted molar refractivity (Wildman–Crippen MR) is 142 cm³/mol. The van der Waals surface area contributed by atoms with E-state index in [4.69, 9.17) is 12.8 Å². The predicted octanol–water partition coefficient (Wildman–Crippen LogP) is 7.61. The van der Waals surface area contributed by atoms with Crippen LogP contribution < -0.4 is 11.5 Å². The van der Waals surface area contributed by atoms with Crippen LogP contribution in [0.3, 0.4) is 0 Å². The SMILES string of the molecule is C.CI.Nc1cc2cc(Br)ccc2c(Br)n1.[2H]c1nc(N)cc2cc(Br)ccc12. The van der Waals surface area contributed by atoms with Crippen LogP contribution in [-0.4, -0.2) is 14.9 Å². The Morgan fingerprint density at radius 1 is 0.821 bits per heavy atom. The third-order valence-electron chi connectivity index (χ3n) is 3.39. The van der Waals surface area contributed by atoms with Crippen LogP contribution in [0, 0.1) is 0 Å². The highest BCUT2D eigenvalue weighted by molar-refractivity contribution is 14.1. The first-order valence-corrected chi connectivity index (χ1v) is 12.1. The topological polar surface area (TPSA) is 77.8 Å². The zero-order valence-corrected chi connectivity index (χ0v) is 21.1. The molecule has 2 aromatic carbocycles. The van der Waals surface area contributed by atoms with Crippen LogP contribution in [0.25, 0.3) is 21.5 Å². The van der Waals surface area contributed by atoms with Gasteiger partial charge < -0.3 is 11.5 Å². The molecule has 4 N–H and O–H groups in total. The molecule has 0 unspecified atom stereocenters. The van der Waals surface area contributed by atoms with Crippen molar-refractivity contribution < 1.29 is 1.37 Å². The van der Waals surface area contributed by atoms with Crippen molar-refractivity contribution in [3.8, 4) is 0 Å². The molecule has 148 valence electrons. The number of pyridine rings is 2. The zero-order chi connectivity index (χ0) is 20.8. The van der Waals surface area contributed by atoms with Crippen LogP contribution in [0.15, 0.2) is 68.3 Å². The highest BCUT2D eigenvalue weighted by atomic mass is 127. The maximum atomic E-state index is 7.57. The van der Waals surface area contributed by atoms with Gasteiger partial charge in [-0.05, 0) is 68.0 Å². The van der Waals surface area contributed by atoms with E-state index in [1.54, 1.807) is 6.07 Å². The van der Waals surface area contributed by atoms with Crippen molar-refractivity contribution in [2.45, 2.75) is 7.43 Å². The van der Waals surface area contributed by atoms with Gasteiger partial charge in [0.05, 0.1) is 1.37 Å². The lowest BCUT2D eigenvalue weighted by Crippen LogP contribution is -1.90. The number of alkyl halides is 1. The number of halogens is 4. The first kappa shape index (κ1) is 23.3. The van der Waals surface area contributed by atoms with E-state index in [1.165, 1.54) is 0 Å². The largest absolute Gasteiger partial charge is 0.384 e. The van der Waals surface area contributed by atoms with Gasteiger partial charge in [0, 0.05) is 25.9 Å². The second kappa shape index (κ2) is 11.9. The maximum absolute atomic E-state index is 7.57. The van der Waals surface area contributed by atoms with Gasteiger partial charge in [-0.25, -0.2) is 9.97 Å². The number of aromatic nitrogens is 2. The van der Waals surface area contributed by atoms with Crippen molar-refractivity contribution in [3.05, 3.63) is 68.3 Å². The Hall–Kier alpha value is -0.970. The third-order valence-corrected chi connectivity index (χ3v) is 4.98. The summed E-state index contributed by atoms with van der Waals surface area (Å²) in [6.07, 6.45) is 0.225. The number of nitrogens with two attached hydrogens (primary N) is 2. The number of nitrogen functional groups attached to an aromatic ring is 2. The Morgan fingerprint density at radius 3 is 2.07 bits per heavy atom. The van der Waals surface area contributed by atoms with Gasteiger partial charge in [0.2, 0.25) is 0 Å². The van der Waals surface area contributed by atoms with Crippen LogP contribution >= 0.6 is 70.4 Å². The normalized spacial score (nSPS) is 10.1. The summed E-state index contributed by atoms with van der Waals surface area (Å²) in [7, 11) is 0. The van der Waals surface area contributed by atoms with Crippen LogP contribution in [0.5, 0.6) is 0 Å².